The van der Waals surface area contributed by atoms with Crippen molar-refractivity contribution in [1.29, 1.82) is 0 Å². The highest BCUT2D eigenvalue weighted by atomic mass is 16.5. The molecule has 0 radical (unpaired) electrons. The SMILES string of the molecule is C#CCCCOc1cccc([C@@H](C)O)c1. The molecule has 1 aromatic rings. The van der Waals surface area contributed by atoms with E-state index in [2.05, 4.69) is 5.92 Å². The van der Waals surface area contributed by atoms with Gasteiger partial charge in [-0.15, -0.1) is 12.3 Å². The van der Waals surface area contributed by atoms with Crippen molar-refractivity contribution in [3.05, 3.63) is 29.8 Å². The molecule has 0 amide bonds. The molecule has 0 aliphatic carbocycles. The molecule has 0 bridgehead atoms. The predicted octanol–water partition coefficient (Wildman–Crippen LogP) is 2.53. The fraction of sp³-hybridized carbons (Fsp3) is 0.385. The molecule has 15 heavy (non-hydrogen) atoms. The third-order valence-corrected chi connectivity index (χ3v) is 2.07. The second-order valence-electron chi connectivity index (χ2n) is 3.40. The van der Waals surface area contributed by atoms with Gasteiger partial charge in [-0.3, -0.25) is 0 Å². The first-order chi connectivity index (χ1) is 7.24. The summed E-state index contributed by atoms with van der Waals surface area (Å²) in [5, 5.41) is 9.38. The molecule has 0 saturated heterocycles. The van der Waals surface area contributed by atoms with E-state index in [1.54, 1.807) is 6.92 Å². The third kappa shape index (κ3) is 4.05. The molecule has 2 heteroatoms. The molecule has 1 aromatic carbocycles. The molecular weight excluding hydrogens is 188 g/mol. The van der Waals surface area contributed by atoms with E-state index in [1.165, 1.54) is 0 Å². The van der Waals surface area contributed by atoms with Gasteiger partial charge in [0.25, 0.3) is 0 Å². The fourth-order valence-corrected chi connectivity index (χ4v) is 1.23. The Kier molecular flexibility index (Phi) is 4.73. The summed E-state index contributed by atoms with van der Waals surface area (Å²) in [5.41, 5.74) is 0.865. The van der Waals surface area contributed by atoms with Gasteiger partial charge in [0.15, 0.2) is 0 Å². The lowest BCUT2D eigenvalue weighted by Gasteiger charge is -2.08. The van der Waals surface area contributed by atoms with Crippen molar-refractivity contribution < 1.29 is 9.84 Å². The van der Waals surface area contributed by atoms with Gasteiger partial charge in [0, 0.05) is 6.42 Å². The van der Waals surface area contributed by atoms with Gasteiger partial charge in [-0.25, -0.2) is 0 Å². The van der Waals surface area contributed by atoms with Gasteiger partial charge in [0.05, 0.1) is 12.7 Å². The summed E-state index contributed by atoms with van der Waals surface area (Å²) in [6, 6.07) is 7.47. The van der Waals surface area contributed by atoms with E-state index in [1.807, 2.05) is 24.3 Å². The van der Waals surface area contributed by atoms with Crippen LogP contribution < -0.4 is 4.74 Å². The topological polar surface area (TPSA) is 29.5 Å². The molecule has 0 saturated carbocycles. The summed E-state index contributed by atoms with van der Waals surface area (Å²) in [7, 11) is 0. The minimum atomic E-state index is -0.459. The largest absolute Gasteiger partial charge is 0.494 e. The standard InChI is InChI=1S/C13H16O2/c1-3-4-5-9-15-13-8-6-7-12(10-13)11(2)14/h1,6-8,10-11,14H,4-5,9H2,2H3/t11-/m1/s1. The molecule has 0 heterocycles. The molecule has 80 valence electrons. The maximum absolute atomic E-state index is 9.38. The van der Waals surface area contributed by atoms with Crippen molar-refractivity contribution in [3.63, 3.8) is 0 Å². The van der Waals surface area contributed by atoms with Crippen molar-refractivity contribution in [2.45, 2.75) is 25.9 Å². The summed E-state index contributed by atoms with van der Waals surface area (Å²) in [6.07, 6.45) is 6.26. The molecule has 1 rings (SSSR count). The van der Waals surface area contributed by atoms with Crippen LogP contribution in [-0.2, 0) is 0 Å². The van der Waals surface area contributed by atoms with Gasteiger partial charge < -0.3 is 9.84 Å². The van der Waals surface area contributed by atoms with Gasteiger partial charge in [-0.05, 0) is 31.0 Å². The minimum absolute atomic E-state index is 0.459. The summed E-state index contributed by atoms with van der Waals surface area (Å²) in [4.78, 5) is 0. The van der Waals surface area contributed by atoms with Crippen molar-refractivity contribution in [2.24, 2.45) is 0 Å². The van der Waals surface area contributed by atoms with E-state index in [4.69, 9.17) is 11.2 Å². The molecule has 0 spiro atoms. The first-order valence-corrected chi connectivity index (χ1v) is 5.08. The van der Waals surface area contributed by atoms with Crippen LogP contribution in [0, 0.1) is 12.3 Å². The van der Waals surface area contributed by atoms with Crippen LogP contribution in [0.2, 0.25) is 0 Å². The molecular formula is C13H16O2. The highest BCUT2D eigenvalue weighted by Crippen LogP contribution is 2.18. The number of aliphatic hydroxyl groups is 1. The molecule has 0 unspecified atom stereocenters. The fourth-order valence-electron chi connectivity index (χ4n) is 1.23. The zero-order chi connectivity index (χ0) is 11.1. The highest BCUT2D eigenvalue weighted by Gasteiger charge is 2.01. The number of ether oxygens (including phenoxy) is 1. The van der Waals surface area contributed by atoms with Gasteiger partial charge in [0.1, 0.15) is 5.75 Å². The van der Waals surface area contributed by atoms with Crippen LogP contribution in [0.3, 0.4) is 0 Å². The lowest BCUT2D eigenvalue weighted by atomic mass is 10.1. The van der Waals surface area contributed by atoms with Crippen LogP contribution >= 0.6 is 0 Å². The van der Waals surface area contributed by atoms with Gasteiger partial charge in [0.2, 0.25) is 0 Å². The quantitative estimate of drug-likeness (QED) is 0.590. The summed E-state index contributed by atoms with van der Waals surface area (Å²) in [5.74, 6) is 3.35. The van der Waals surface area contributed by atoms with Crippen LogP contribution in [0.1, 0.15) is 31.4 Å². The maximum Gasteiger partial charge on any atom is 0.119 e. The third-order valence-electron chi connectivity index (χ3n) is 2.07. The van der Waals surface area contributed by atoms with E-state index < -0.39 is 6.10 Å². The lowest BCUT2D eigenvalue weighted by molar-refractivity contribution is 0.198. The number of unbranched alkanes of at least 4 members (excludes halogenated alkanes) is 1. The molecule has 0 aliphatic heterocycles. The summed E-state index contributed by atoms with van der Waals surface area (Å²) in [6.45, 7) is 2.35. The van der Waals surface area contributed by atoms with Crippen molar-refractivity contribution in [1.82, 2.24) is 0 Å². The van der Waals surface area contributed by atoms with Gasteiger partial charge in [-0.2, -0.15) is 0 Å². The maximum atomic E-state index is 9.38. The van der Waals surface area contributed by atoms with Gasteiger partial charge >= 0.3 is 0 Å². The van der Waals surface area contributed by atoms with Crippen LogP contribution in [0.15, 0.2) is 24.3 Å². The highest BCUT2D eigenvalue weighted by molar-refractivity contribution is 5.29. The van der Waals surface area contributed by atoms with Crippen LogP contribution in [0.4, 0.5) is 0 Å². The Morgan fingerprint density at radius 2 is 2.33 bits per heavy atom. The second-order valence-corrected chi connectivity index (χ2v) is 3.40. The predicted molar refractivity (Wildman–Crippen MR) is 60.6 cm³/mol. The van der Waals surface area contributed by atoms with E-state index in [-0.39, 0.29) is 0 Å². The Hall–Kier alpha value is -1.46. The van der Waals surface area contributed by atoms with Crippen molar-refractivity contribution in [2.75, 3.05) is 6.61 Å². The zero-order valence-electron chi connectivity index (χ0n) is 8.94. The number of rotatable bonds is 5. The molecule has 1 atom stereocenters. The Bertz CT molecular complexity index is 337. The molecule has 1 N–H and O–H groups in total. The van der Waals surface area contributed by atoms with Crippen LogP contribution in [0.25, 0.3) is 0 Å². The number of hydrogen-bond donors (Lipinski definition) is 1. The normalized spacial score (nSPS) is 11.8. The molecule has 0 fully saturated rings. The first-order valence-electron chi connectivity index (χ1n) is 5.08. The molecule has 0 aliphatic rings. The van der Waals surface area contributed by atoms with Gasteiger partial charge in [-0.1, -0.05) is 12.1 Å². The summed E-state index contributed by atoms with van der Waals surface area (Å²) >= 11 is 0. The number of hydrogen-bond acceptors (Lipinski definition) is 2. The van der Waals surface area contributed by atoms with E-state index in [0.717, 1.165) is 24.2 Å². The summed E-state index contributed by atoms with van der Waals surface area (Å²) < 4.78 is 5.49. The molecule has 0 aromatic heterocycles. The Labute approximate surface area is 90.9 Å². The molecule has 2 nitrogen and oxygen atoms in total. The van der Waals surface area contributed by atoms with Crippen molar-refractivity contribution in [3.8, 4) is 18.1 Å². The average molecular weight is 204 g/mol. The van der Waals surface area contributed by atoms with E-state index >= 15 is 0 Å². The Morgan fingerprint density at radius 3 is 3.00 bits per heavy atom. The van der Waals surface area contributed by atoms with Crippen molar-refractivity contribution >= 4 is 0 Å². The zero-order valence-corrected chi connectivity index (χ0v) is 8.94. The first kappa shape index (κ1) is 11.6. The monoisotopic (exact) mass is 204 g/mol. The minimum Gasteiger partial charge on any atom is -0.494 e. The number of terminal acetylenes is 1. The average Bonchev–Trinajstić information content (AvgIpc) is 2.25. The second kappa shape index (κ2) is 6.10. The number of aliphatic hydroxyl groups excluding tert-OH is 1. The Morgan fingerprint density at radius 1 is 1.53 bits per heavy atom. The Balaban J connectivity index is 2.48. The van der Waals surface area contributed by atoms with Crippen LogP contribution in [0.5, 0.6) is 5.75 Å². The lowest BCUT2D eigenvalue weighted by Crippen LogP contribution is -1.98. The van der Waals surface area contributed by atoms with E-state index in [9.17, 15) is 5.11 Å². The van der Waals surface area contributed by atoms with Crippen LogP contribution in [-0.4, -0.2) is 11.7 Å². The van der Waals surface area contributed by atoms with E-state index in [0.29, 0.717) is 6.61 Å². The smallest absolute Gasteiger partial charge is 0.119 e. The number of benzene rings is 1.